The van der Waals surface area contributed by atoms with Gasteiger partial charge in [-0.2, -0.15) is 0 Å². The van der Waals surface area contributed by atoms with Crippen molar-refractivity contribution in [3.63, 3.8) is 0 Å². The molecule has 1 saturated carbocycles. The van der Waals surface area contributed by atoms with E-state index in [1.165, 1.54) is 38.6 Å². The van der Waals surface area contributed by atoms with Gasteiger partial charge in [0, 0.05) is 19.7 Å². The molecular weight excluding hydrogens is 186 g/mol. The van der Waals surface area contributed by atoms with Crippen LogP contribution in [0.1, 0.15) is 52.9 Å². The predicted octanol–water partition coefficient (Wildman–Crippen LogP) is 2.97. The molecule has 0 aliphatic heterocycles. The Morgan fingerprint density at radius 3 is 2.33 bits per heavy atom. The number of methoxy groups -OCH3 is 1. The smallest absolute Gasteiger partial charge is 0.0549 e. The zero-order chi connectivity index (χ0) is 11.3. The molecule has 15 heavy (non-hydrogen) atoms. The van der Waals surface area contributed by atoms with Crippen LogP contribution in [0.15, 0.2) is 0 Å². The largest absolute Gasteiger partial charge is 0.382 e. The summed E-state index contributed by atoms with van der Waals surface area (Å²) in [6.07, 6.45) is 6.81. The lowest BCUT2D eigenvalue weighted by atomic mass is 9.77. The van der Waals surface area contributed by atoms with Crippen LogP contribution in [0, 0.1) is 5.41 Å². The number of hydrogen-bond acceptors (Lipinski definition) is 2. The lowest BCUT2D eigenvalue weighted by molar-refractivity contribution is 0.0588. The summed E-state index contributed by atoms with van der Waals surface area (Å²) in [7, 11) is 1.81. The molecule has 1 rings (SSSR count). The van der Waals surface area contributed by atoms with Crippen LogP contribution in [0.4, 0.5) is 0 Å². The predicted molar refractivity (Wildman–Crippen MR) is 65.1 cm³/mol. The molecule has 0 aromatic heterocycles. The number of rotatable bonds is 8. The highest BCUT2D eigenvalue weighted by molar-refractivity contribution is 4.87. The second-order valence-corrected chi connectivity index (χ2v) is 5.11. The van der Waals surface area contributed by atoms with Crippen molar-refractivity contribution in [2.24, 2.45) is 5.41 Å². The molecule has 1 aliphatic rings. The second-order valence-electron chi connectivity index (χ2n) is 5.11. The quantitative estimate of drug-likeness (QED) is 0.669. The van der Waals surface area contributed by atoms with E-state index in [1.54, 1.807) is 0 Å². The third kappa shape index (κ3) is 4.12. The fourth-order valence-corrected chi connectivity index (χ4v) is 2.20. The lowest BCUT2D eigenvalue weighted by Gasteiger charge is -2.34. The Morgan fingerprint density at radius 2 is 1.93 bits per heavy atom. The van der Waals surface area contributed by atoms with Crippen molar-refractivity contribution in [2.45, 2.75) is 65.0 Å². The molecule has 2 nitrogen and oxygen atoms in total. The van der Waals surface area contributed by atoms with Gasteiger partial charge >= 0.3 is 0 Å². The maximum absolute atomic E-state index is 5.40. The third-order valence-electron chi connectivity index (χ3n) is 3.97. The van der Waals surface area contributed by atoms with Crippen molar-refractivity contribution in [1.82, 2.24) is 5.32 Å². The molecule has 0 aromatic carbocycles. The molecule has 1 N–H and O–H groups in total. The van der Waals surface area contributed by atoms with Crippen molar-refractivity contribution in [1.29, 1.82) is 0 Å². The van der Waals surface area contributed by atoms with E-state index in [-0.39, 0.29) is 0 Å². The summed E-state index contributed by atoms with van der Waals surface area (Å²) < 4.78 is 5.40. The molecule has 0 amide bonds. The van der Waals surface area contributed by atoms with E-state index in [0.717, 1.165) is 6.04 Å². The van der Waals surface area contributed by atoms with Gasteiger partial charge < -0.3 is 10.1 Å². The molecule has 1 fully saturated rings. The van der Waals surface area contributed by atoms with Gasteiger partial charge in [0.25, 0.3) is 0 Å². The maximum Gasteiger partial charge on any atom is 0.0549 e. The average molecular weight is 213 g/mol. The summed E-state index contributed by atoms with van der Waals surface area (Å²) in [6.45, 7) is 7.95. The first-order valence-corrected chi connectivity index (χ1v) is 6.42. The van der Waals surface area contributed by atoms with E-state index in [9.17, 15) is 0 Å². The molecule has 0 spiro atoms. The van der Waals surface area contributed by atoms with Crippen molar-refractivity contribution >= 4 is 0 Å². The van der Waals surface area contributed by atoms with Crippen molar-refractivity contribution in [3.05, 3.63) is 0 Å². The summed E-state index contributed by atoms with van der Waals surface area (Å²) in [6, 6.07) is 0.820. The van der Waals surface area contributed by atoms with Crippen molar-refractivity contribution in [2.75, 3.05) is 13.7 Å². The topological polar surface area (TPSA) is 21.3 Å². The Kier molecular flexibility index (Phi) is 5.07. The van der Waals surface area contributed by atoms with E-state index >= 15 is 0 Å². The third-order valence-corrected chi connectivity index (χ3v) is 3.97. The Morgan fingerprint density at radius 1 is 1.33 bits per heavy atom. The van der Waals surface area contributed by atoms with E-state index in [0.29, 0.717) is 11.5 Å². The van der Waals surface area contributed by atoms with Gasteiger partial charge in [-0.25, -0.2) is 0 Å². The Balaban J connectivity index is 2.41. The van der Waals surface area contributed by atoms with Gasteiger partial charge in [0.15, 0.2) is 0 Å². The Bertz CT molecular complexity index is 173. The summed E-state index contributed by atoms with van der Waals surface area (Å²) >= 11 is 0. The lowest BCUT2D eigenvalue weighted by Crippen LogP contribution is -2.37. The molecule has 0 saturated heterocycles. The van der Waals surface area contributed by atoms with Gasteiger partial charge in [0.05, 0.1) is 6.10 Å². The molecule has 1 unspecified atom stereocenters. The van der Waals surface area contributed by atoms with E-state index in [2.05, 4.69) is 26.1 Å². The highest BCUT2D eigenvalue weighted by Gasteiger charge is 2.31. The highest BCUT2D eigenvalue weighted by Crippen LogP contribution is 2.33. The van der Waals surface area contributed by atoms with Crippen LogP contribution in [-0.2, 0) is 4.74 Å². The summed E-state index contributed by atoms with van der Waals surface area (Å²) in [4.78, 5) is 0. The normalized spacial score (nSPS) is 19.2. The molecule has 90 valence electrons. The summed E-state index contributed by atoms with van der Waals surface area (Å²) in [5, 5.41) is 3.67. The van der Waals surface area contributed by atoms with Gasteiger partial charge in [-0.1, -0.05) is 13.8 Å². The Hall–Kier alpha value is -0.0800. The molecule has 0 heterocycles. The zero-order valence-corrected chi connectivity index (χ0v) is 10.8. The molecule has 0 radical (unpaired) electrons. The Labute approximate surface area is 94.8 Å². The zero-order valence-electron chi connectivity index (χ0n) is 10.8. The fraction of sp³-hybridized carbons (Fsp3) is 1.00. The molecular formula is C13H27NO. The maximum atomic E-state index is 5.40. The summed E-state index contributed by atoms with van der Waals surface area (Å²) in [5.41, 5.74) is 0.442. The van der Waals surface area contributed by atoms with Crippen LogP contribution in [0.3, 0.4) is 0 Å². The number of hydrogen-bond donors (Lipinski definition) is 1. The van der Waals surface area contributed by atoms with Crippen molar-refractivity contribution in [3.8, 4) is 0 Å². The molecule has 0 aromatic rings. The molecule has 0 bridgehead atoms. The highest BCUT2D eigenvalue weighted by atomic mass is 16.5. The van der Waals surface area contributed by atoms with Crippen LogP contribution in [0.5, 0.6) is 0 Å². The number of ether oxygens (including phenoxy) is 1. The van der Waals surface area contributed by atoms with Gasteiger partial charge in [-0.15, -0.1) is 0 Å². The van der Waals surface area contributed by atoms with E-state index < -0.39 is 0 Å². The van der Waals surface area contributed by atoms with Crippen LogP contribution in [0.2, 0.25) is 0 Å². The fourth-order valence-electron chi connectivity index (χ4n) is 2.20. The van der Waals surface area contributed by atoms with E-state index in [4.69, 9.17) is 4.74 Å². The average Bonchev–Trinajstić information content (AvgIpc) is 3.08. The van der Waals surface area contributed by atoms with E-state index in [1.807, 2.05) is 7.11 Å². The van der Waals surface area contributed by atoms with Gasteiger partial charge in [-0.05, 0) is 44.4 Å². The SMILES string of the molecule is CCC(CC)(CNC1CC1)CC(C)OC. The second kappa shape index (κ2) is 5.86. The first-order valence-electron chi connectivity index (χ1n) is 6.42. The molecule has 1 aliphatic carbocycles. The minimum Gasteiger partial charge on any atom is -0.382 e. The molecule has 1 atom stereocenters. The van der Waals surface area contributed by atoms with Crippen LogP contribution in [0.25, 0.3) is 0 Å². The minimum absolute atomic E-state index is 0.380. The summed E-state index contributed by atoms with van der Waals surface area (Å²) in [5.74, 6) is 0. The minimum atomic E-state index is 0.380. The monoisotopic (exact) mass is 213 g/mol. The van der Waals surface area contributed by atoms with Crippen LogP contribution >= 0.6 is 0 Å². The van der Waals surface area contributed by atoms with Crippen LogP contribution < -0.4 is 5.32 Å². The standard InChI is InChI=1S/C13H27NO/c1-5-13(6-2,9-11(3)15-4)10-14-12-7-8-12/h11-12,14H,5-10H2,1-4H3. The van der Waals surface area contributed by atoms with Crippen molar-refractivity contribution < 1.29 is 4.74 Å². The first-order chi connectivity index (χ1) is 7.15. The first kappa shape index (κ1) is 13.0. The van der Waals surface area contributed by atoms with Gasteiger partial charge in [0.2, 0.25) is 0 Å². The van der Waals surface area contributed by atoms with Crippen LogP contribution in [-0.4, -0.2) is 25.8 Å². The van der Waals surface area contributed by atoms with Gasteiger partial charge in [-0.3, -0.25) is 0 Å². The molecule has 2 heteroatoms. The van der Waals surface area contributed by atoms with Gasteiger partial charge in [0.1, 0.15) is 0 Å². The number of nitrogens with one attached hydrogen (secondary N) is 1.